The van der Waals surface area contributed by atoms with E-state index in [0.29, 0.717) is 18.3 Å². The van der Waals surface area contributed by atoms with E-state index in [4.69, 9.17) is 0 Å². The first-order chi connectivity index (χ1) is 13.2. The normalized spacial score (nSPS) is 22.7. The Morgan fingerprint density at radius 1 is 1.00 bits per heavy atom. The molecule has 2 saturated heterocycles. The van der Waals surface area contributed by atoms with E-state index >= 15 is 0 Å². The lowest BCUT2D eigenvalue weighted by molar-refractivity contribution is -0.124. The van der Waals surface area contributed by atoms with Gasteiger partial charge in [-0.1, -0.05) is 60.7 Å². The molecule has 1 N–H and O–H groups in total. The van der Waals surface area contributed by atoms with Gasteiger partial charge in [-0.05, 0) is 29.4 Å². The number of amides is 1. The maximum atomic E-state index is 11.7. The highest BCUT2D eigenvalue weighted by Crippen LogP contribution is 2.37. The van der Waals surface area contributed by atoms with Crippen LogP contribution in [0.1, 0.15) is 24.0 Å². The van der Waals surface area contributed by atoms with Crippen LogP contribution in [0.25, 0.3) is 0 Å². The van der Waals surface area contributed by atoms with Gasteiger partial charge in [-0.15, -0.1) is 0 Å². The number of piperidine rings is 1. The molecule has 2 aromatic carbocycles. The summed E-state index contributed by atoms with van der Waals surface area (Å²) in [4.78, 5) is 14.1. The SMILES string of the molecule is N#CC(CCN1C[C@H]2CC(=O)NC[C@H]2C1)(c1ccccc1)c1ccccc1. The number of nitrogens with one attached hydrogen (secondary N) is 1. The smallest absolute Gasteiger partial charge is 0.220 e. The molecule has 2 heterocycles. The molecule has 2 atom stereocenters. The van der Waals surface area contributed by atoms with Crippen LogP contribution in [-0.2, 0) is 10.2 Å². The van der Waals surface area contributed by atoms with Crippen molar-refractivity contribution in [1.82, 2.24) is 10.2 Å². The van der Waals surface area contributed by atoms with E-state index in [1.165, 1.54) is 0 Å². The van der Waals surface area contributed by atoms with Crippen LogP contribution in [0.5, 0.6) is 0 Å². The maximum Gasteiger partial charge on any atom is 0.220 e. The lowest BCUT2D eigenvalue weighted by Gasteiger charge is -2.30. The van der Waals surface area contributed by atoms with Gasteiger partial charge < -0.3 is 10.2 Å². The number of hydrogen-bond acceptors (Lipinski definition) is 3. The van der Waals surface area contributed by atoms with Gasteiger partial charge in [0.25, 0.3) is 0 Å². The highest BCUT2D eigenvalue weighted by Gasteiger charge is 2.39. The average molecular weight is 359 g/mol. The molecule has 0 radical (unpaired) electrons. The molecule has 4 heteroatoms. The fourth-order valence-electron chi connectivity index (χ4n) is 4.65. The summed E-state index contributed by atoms with van der Waals surface area (Å²) < 4.78 is 0. The molecule has 2 aliphatic heterocycles. The van der Waals surface area contributed by atoms with Crippen LogP contribution < -0.4 is 5.32 Å². The number of nitrogens with zero attached hydrogens (tertiary/aromatic N) is 2. The fraction of sp³-hybridized carbons (Fsp3) is 0.391. The monoisotopic (exact) mass is 359 g/mol. The van der Waals surface area contributed by atoms with Crippen molar-refractivity contribution in [3.8, 4) is 6.07 Å². The van der Waals surface area contributed by atoms with Crippen molar-refractivity contribution in [1.29, 1.82) is 5.26 Å². The average Bonchev–Trinajstić information content (AvgIpc) is 3.12. The van der Waals surface area contributed by atoms with Crippen LogP contribution in [0.15, 0.2) is 60.7 Å². The summed E-state index contributed by atoms with van der Waals surface area (Å²) in [7, 11) is 0. The van der Waals surface area contributed by atoms with Crippen LogP contribution in [0.2, 0.25) is 0 Å². The van der Waals surface area contributed by atoms with Gasteiger partial charge in [-0.3, -0.25) is 4.79 Å². The van der Waals surface area contributed by atoms with Crippen molar-refractivity contribution in [3.63, 3.8) is 0 Å². The number of hydrogen-bond donors (Lipinski definition) is 1. The lowest BCUT2D eigenvalue weighted by Crippen LogP contribution is -2.40. The molecule has 0 saturated carbocycles. The Hall–Kier alpha value is -2.64. The second-order valence-electron chi connectivity index (χ2n) is 7.79. The van der Waals surface area contributed by atoms with Gasteiger partial charge in [0.05, 0.1) is 6.07 Å². The standard InChI is InChI=1S/C23H25N3O/c24-17-23(20-7-3-1-4-8-20,21-9-5-2-6-10-21)11-12-26-15-18-13-22(27)25-14-19(18)16-26/h1-10,18-19H,11-16H2,(H,25,27)/t18-,19+/m1/s1. The Labute approximate surface area is 160 Å². The first kappa shape index (κ1) is 17.8. The molecule has 0 spiro atoms. The van der Waals surface area contributed by atoms with E-state index in [0.717, 1.165) is 43.7 Å². The first-order valence-electron chi connectivity index (χ1n) is 9.72. The largest absolute Gasteiger partial charge is 0.356 e. The third kappa shape index (κ3) is 3.48. The van der Waals surface area contributed by atoms with Crippen LogP contribution in [0.4, 0.5) is 0 Å². The number of nitriles is 1. The summed E-state index contributed by atoms with van der Waals surface area (Å²) in [6.45, 7) is 3.62. The highest BCUT2D eigenvalue weighted by atomic mass is 16.1. The van der Waals surface area contributed by atoms with Gasteiger partial charge >= 0.3 is 0 Å². The molecule has 0 aromatic heterocycles. The number of likely N-dealkylation sites (tertiary alicyclic amines) is 1. The van der Waals surface area contributed by atoms with E-state index < -0.39 is 5.41 Å². The van der Waals surface area contributed by atoms with Gasteiger partial charge in [0.1, 0.15) is 5.41 Å². The molecule has 2 aromatic rings. The molecule has 2 fully saturated rings. The number of carbonyl (C=O) groups is 1. The van der Waals surface area contributed by atoms with Gasteiger partial charge in [-0.25, -0.2) is 0 Å². The number of carbonyl (C=O) groups excluding carboxylic acids is 1. The molecular weight excluding hydrogens is 334 g/mol. The van der Waals surface area contributed by atoms with E-state index in [1.807, 2.05) is 36.4 Å². The number of benzene rings is 2. The van der Waals surface area contributed by atoms with E-state index in [9.17, 15) is 10.1 Å². The Balaban J connectivity index is 1.56. The van der Waals surface area contributed by atoms with Gasteiger partial charge in [0.2, 0.25) is 5.91 Å². The minimum Gasteiger partial charge on any atom is -0.356 e. The molecule has 138 valence electrons. The van der Waals surface area contributed by atoms with Crippen LogP contribution in [-0.4, -0.2) is 37.0 Å². The molecule has 27 heavy (non-hydrogen) atoms. The maximum absolute atomic E-state index is 11.7. The Morgan fingerprint density at radius 2 is 1.59 bits per heavy atom. The molecular formula is C23H25N3O. The zero-order valence-corrected chi connectivity index (χ0v) is 15.5. The number of fused-ring (bicyclic) bond motifs is 1. The summed E-state index contributed by atoms with van der Waals surface area (Å²) in [5.74, 6) is 1.19. The summed E-state index contributed by atoms with van der Waals surface area (Å²) in [6.07, 6.45) is 1.39. The van der Waals surface area contributed by atoms with Crippen molar-refractivity contribution in [2.75, 3.05) is 26.2 Å². The van der Waals surface area contributed by atoms with E-state index in [-0.39, 0.29) is 5.91 Å². The Morgan fingerprint density at radius 3 is 2.19 bits per heavy atom. The fourth-order valence-corrected chi connectivity index (χ4v) is 4.65. The zero-order chi connectivity index (χ0) is 18.7. The minimum absolute atomic E-state index is 0.179. The summed E-state index contributed by atoms with van der Waals surface area (Å²) >= 11 is 0. The minimum atomic E-state index is -0.648. The number of rotatable bonds is 5. The molecule has 2 aliphatic rings. The predicted molar refractivity (Wildman–Crippen MR) is 105 cm³/mol. The predicted octanol–water partition coefficient (Wildman–Crippen LogP) is 2.95. The summed E-state index contributed by atoms with van der Waals surface area (Å²) in [5, 5.41) is 13.3. The molecule has 0 unspecified atom stereocenters. The van der Waals surface area contributed by atoms with E-state index in [2.05, 4.69) is 40.6 Å². The molecule has 0 bridgehead atoms. The van der Waals surface area contributed by atoms with E-state index in [1.54, 1.807) is 0 Å². The molecule has 4 nitrogen and oxygen atoms in total. The summed E-state index contributed by atoms with van der Waals surface area (Å²) in [5.41, 5.74) is 1.45. The van der Waals surface area contributed by atoms with Crippen LogP contribution >= 0.6 is 0 Å². The lowest BCUT2D eigenvalue weighted by atomic mass is 9.73. The second-order valence-corrected chi connectivity index (χ2v) is 7.79. The first-order valence-corrected chi connectivity index (χ1v) is 9.72. The molecule has 4 rings (SSSR count). The molecule has 0 aliphatic carbocycles. The van der Waals surface area contributed by atoms with Gasteiger partial charge in [0.15, 0.2) is 0 Å². The third-order valence-corrected chi connectivity index (χ3v) is 6.19. The van der Waals surface area contributed by atoms with Crippen LogP contribution in [0.3, 0.4) is 0 Å². The van der Waals surface area contributed by atoms with Gasteiger partial charge in [-0.2, -0.15) is 5.26 Å². The Bertz CT molecular complexity index is 788. The Kier molecular flexibility index (Phi) is 4.96. The highest BCUT2D eigenvalue weighted by molar-refractivity contribution is 5.77. The second kappa shape index (κ2) is 7.54. The summed E-state index contributed by atoms with van der Waals surface area (Å²) in [6, 6.07) is 22.9. The molecule has 1 amide bonds. The van der Waals surface area contributed by atoms with Crippen molar-refractivity contribution >= 4 is 5.91 Å². The van der Waals surface area contributed by atoms with Crippen molar-refractivity contribution in [2.24, 2.45) is 11.8 Å². The van der Waals surface area contributed by atoms with Crippen molar-refractivity contribution in [3.05, 3.63) is 71.8 Å². The topological polar surface area (TPSA) is 56.1 Å². The quantitative estimate of drug-likeness (QED) is 0.893. The van der Waals surface area contributed by atoms with Gasteiger partial charge in [0, 0.05) is 32.6 Å². The zero-order valence-electron chi connectivity index (χ0n) is 15.5. The third-order valence-electron chi connectivity index (χ3n) is 6.19. The van der Waals surface area contributed by atoms with Crippen molar-refractivity contribution in [2.45, 2.75) is 18.3 Å². The van der Waals surface area contributed by atoms with Crippen LogP contribution in [0, 0.1) is 23.2 Å². The van der Waals surface area contributed by atoms with Crippen molar-refractivity contribution < 1.29 is 4.79 Å².